The molecule has 90 valence electrons. The lowest BCUT2D eigenvalue weighted by Gasteiger charge is -1.97. The molecule has 3 aromatic rings. The van der Waals surface area contributed by atoms with Crippen molar-refractivity contribution in [2.45, 2.75) is 6.92 Å². The fourth-order valence-corrected chi connectivity index (χ4v) is 2.19. The summed E-state index contributed by atoms with van der Waals surface area (Å²) in [4.78, 5) is 8.83. The molecule has 0 bridgehead atoms. The summed E-state index contributed by atoms with van der Waals surface area (Å²) in [5.41, 5.74) is 8.26. The molecule has 0 spiro atoms. The highest BCUT2D eigenvalue weighted by atomic mass is 79.9. The molecule has 18 heavy (non-hydrogen) atoms. The first kappa shape index (κ1) is 11.2. The van der Waals surface area contributed by atoms with Crippen LogP contribution >= 0.6 is 15.9 Å². The first-order chi connectivity index (χ1) is 8.63. The van der Waals surface area contributed by atoms with Crippen molar-refractivity contribution in [1.82, 2.24) is 19.6 Å². The predicted octanol–water partition coefficient (Wildman–Crippen LogP) is 2.44. The minimum Gasteiger partial charge on any atom is -0.384 e. The van der Waals surface area contributed by atoms with Gasteiger partial charge in [-0.1, -0.05) is 22.0 Å². The lowest BCUT2D eigenvalue weighted by Crippen LogP contribution is -1.98. The van der Waals surface area contributed by atoms with Crippen molar-refractivity contribution in [2.24, 2.45) is 0 Å². The van der Waals surface area contributed by atoms with E-state index in [1.54, 1.807) is 10.6 Å². The number of nitrogens with zero attached hydrogens (tertiary/aromatic N) is 4. The molecule has 0 saturated heterocycles. The molecule has 0 aromatic carbocycles. The van der Waals surface area contributed by atoms with Gasteiger partial charge in [0, 0.05) is 10.2 Å². The third-order valence-electron chi connectivity index (χ3n) is 2.55. The van der Waals surface area contributed by atoms with Gasteiger partial charge in [0.05, 0.1) is 0 Å². The number of anilines is 1. The Labute approximate surface area is 112 Å². The van der Waals surface area contributed by atoms with Crippen LogP contribution in [0.5, 0.6) is 0 Å². The third-order valence-corrected chi connectivity index (χ3v) is 3.00. The van der Waals surface area contributed by atoms with Crippen molar-refractivity contribution in [3.8, 4) is 11.5 Å². The molecule has 0 aliphatic heterocycles. The van der Waals surface area contributed by atoms with Gasteiger partial charge in [-0.2, -0.15) is 4.52 Å². The quantitative estimate of drug-likeness (QED) is 0.749. The molecule has 0 aliphatic carbocycles. The van der Waals surface area contributed by atoms with Crippen molar-refractivity contribution in [2.75, 3.05) is 5.73 Å². The Morgan fingerprint density at radius 1 is 1.22 bits per heavy atom. The minimum atomic E-state index is 0.533. The number of fused-ring (bicyclic) bond motifs is 1. The fourth-order valence-electron chi connectivity index (χ4n) is 1.75. The van der Waals surface area contributed by atoms with E-state index in [1.165, 1.54) is 0 Å². The van der Waals surface area contributed by atoms with Crippen LogP contribution in [0.1, 0.15) is 5.69 Å². The summed E-state index contributed by atoms with van der Waals surface area (Å²) in [6.07, 6.45) is 0. The van der Waals surface area contributed by atoms with Crippen molar-refractivity contribution in [3.63, 3.8) is 0 Å². The molecule has 2 N–H and O–H groups in total. The number of aromatic nitrogens is 4. The highest BCUT2D eigenvalue weighted by Gasteiger charge is 2.10. The number of aryl methyl sites for hydroxylation is 1. The van der Waals surface area contributed by atoms with Crippen molar-refractivity contribution < 1.29 is 0 Å². The second-order valence-electron chi connectivity index (χ2n) is 3.97. The summed E-state index contributed by atoms with van der Waals surface area (Å²) in [5, 5.41) is 4.36. The van der Waals surface area contributed by atoms with Gasteiger partial charge in [-0.25, -0.2) is 9.97 Å². The first-order valence-electron chi connectivity index (χ1n) is 5.39. The summed E-state index contributed by atoms with van der Waals surface area (Å²) in [6.45, 7) is 1.93. The maximum absolute atomic E-state index is 5.89. The highest BCUT2D eigenvalue weighted by molar-refractivity contribution is 9.10. The summed E-state index contributed by atoms with van der Waals surface area (Å²) in [5.74, 6) is 1.11. The lowest BCUT2D eigenvalue weighted by molar-refractivity contribution is 0.971. The van der Waals surface area contributed by atoms with Crippen LogP contribution in [0.3, 0.4) is 0 Å². The highest BCUT2D eigenvalue weighted by Crippen LogP contribution is 2.20. The first-order valence-corrected chi connectivity index (χ1v) is 6.18. The molecule has 5 nitrogen and oxygen atoms in total. The van der Waals surface area contributed by atoms with E-state index < -0.39 is 0 Å². The van der Waals surface area contributed by atoms with Gasteiger partial charge in [0.15, 0.2) is 5.65 Å². The summed E-state index contributed by atoms with van der Waals surface area (Å²) in [6, 6.07) is 9.40. The van der Waals surface area contributed by atoms with Crippen LogP contribution in [0, 0.1) is 6.92 Å². The predicted molar refractivity (Wildman–Crippen MR) is 73.1 cm³/mol. The molecule has 6 heteroatoms. The van der Waals surface area contributed by atoms with E-state index >= 15 is 0 Å². The van der Waals surface area contributed by atoms with Crippen LogP contribution < -0.4 is 5.73 Å². The lowest BCUT2D eigenvalue weighted by atomic mass is 10.3. The van der Waals surface area contributed by atoms with E-state index in [0.29, 0.717) is 17.3 Å². The van der Waals surface area contributed by atoms with Crippen molar-refractivity contribution in [3.05, 3.63) is 40.5 Å². The van der Waals surface area contributed by atoms with Crippen LogP contribution in [0.2, 0.25) is 0 Å². The number of pyridine rings is 2. The molecule has 0 aliphatic rings. The van der Waals surface area contributed by atoms with Crippen molar-refractivity contribution >= 4 is 27.4 Å². The maximum Gasteiger partial charge on any atom is 0.200 e. The Morgan fingerprint density at radius 3 is 2.83 bits per heavy atom. The summed E-state index contributed by atoms with van der Waals surface area (Å²) < 4.78 is 2.48. The number of nitrogen functional groups attached to an aromatic ring is 1. The van der Waals surface area contributed by atoms with E-state index in [9.17, 15) is 0 Å². The standard InChI is InChI=1S/C12H10BrN5/c1-7-3-2-4-9(15-7)12-16-11-6-8(13)5-10(14)18(11)17-12/h2-6H,14H2,1H3. The number of nitrogens with two attached hydrogens (primary N) is 1. The monoisotopic (exact) mass is 303 g/mol. The van der Waals surface area contributed by atoms with Crippen LogP contribution in [0.15, 0.2) is 34.8 Å². The molecule has 0 radical (unpaired) electrons. The van der Waals surface area contributed by atoms with Gasteiger partial charge in [0.2, 0.25) is 5.82 Å². The topological polar surface area (TPSA) is 69.1 Å². The average Bonchev–Trinajstić information content (AvgIpc) is 2.73. The van der Waals surface area contributed by atoms with Gasteiger partial charge in [0.25, 0.3) is 0 Å². The van der Waals surface area contributed by atoms with Gasteiger partial charge in [-0.3, -0.25) is 0 Å². The Kier molecular flexibility index (Phi) is 2.52. The van der Waals surface area contributed by atoms with E-state index in [-0.39, 0.29) is 0 Å². The molecular weight excluding hydrogens is 294 g/mol. The van der Waals surface area contributed by atoms with E-state index in [1.807, 2.05) is 31.2 Å². The third kappa shape index (κ3) is 1.84. The summed E-state index contributed by atoms with van der Waals surface area (Å²) in [7, 11) is 0. The van der Waals surface area contributed by atoms with Crippen molar-refractivity contribution in [1.29, 1.82) is 0 Å². The number of rotatable bonds is 1. The van der Waals surface area contributed by atoms with E-state index in [2.05, 4.69) is 31.0 Å². The number of hydrogen-bond acceptors (Lipinski definition) is 4. The van der Waals surface area contributed by atoms with E-state index in [4.69, 9.17) is 5.73 Å². The SMILES string of the molecule is Cc1cccc(-c2nc3cc(Br)cc(N)n3n2)n1. The van der Waals surface area contributed by atoms with Crippen LogP contribution in [-0.2, 0) is 0 Å². The molecule has 0 saturated carbocycles. The Morgan fingerprint density at radius 2 is 2.06 bits per heavy atom. The second kappa shape index (κ2) is 4.06. The van der Waals surface area contributed by atoms with E-state index in [0.717, 1.165) is 15.9 Å². The minimum absolute atomic E-state index is 0.533. The normalized spacial score (nSPS) is 11.0. The van der Waals surface area contributed by atoms with Crippen LogP contribution in [-0.4, -0.2) is 19.6 Å². The largest absolute Gasteiger partial charge is 0.384 e. The maximum atomic E-state index is 5.89. The number of halogens is 1. The zero-order valence-corrected chi connectivity index (χ0v) is 11.2. The Hall–Kier alpha value is -1.95. The van der Waals surface area contributed by atoms with Crippen LogP contribution in [0.25, 0.3) is 17.2 Å². The molecule has 3 rings (SSSR count). The van der Waals surface area contributed by atoms with Gasteiger partial charge in [0.1, 0.15) is 11.5 Å². The van der Waals surface area contributed by atoms with Gasteiger partial charge in [-0.05, 0) is 31.2 Å². The van der Waals surface area contributed by atoms with Gasteiger partial charge < -0.3 is 5.73 Å². The average molecular weight is 304 g/mol. The summed E-state index contributed by atoms with van der Waals surface area (Å²) >= 11 is 3.38. The molecule has 3 heterocycles. The molecule has 0 unspecified atom stereocenters. The zero-order valence-electron chi connectivity index (χ0n) is 9.63. The molecule has 0 fully saturated rings. The number of hydrogen-bond donors (Lipinski definition) is 1. The molecule has 0 amide bonds. The van der Waals surface area contributed by atoms with Gasteiger partial charge in [-0.15, -0.1) is 5.10 Å². The smallest absolute Gasteiger partial charge is 0.200 e. The second-order valence-corrected chi connectivity index (χ2v) is 4.88. The molecular formula is C12H10BrN5. The Balaban J connectivity index is 2.22. The van der Waals surface area contributed by atoms with Gasteiger partial charge >= 0.3 is 0 Å². The Bertz CT molecular complexity index is 734. The zero-order chi connectivity index (χ0) is 12.7. The van der Waals surface area contributed by atoms with Crippen LogP contribution in [0.4, 0.5) is 5.82 Å². The fraction of sp³-hybridized carbons (Fsp3) is 0.0833. The molecule has 3 aromatic heterocycles. The molecule has 0 atom stereocenters.